The van der Waals surface area contributed by atoms with Crippen LogP contribution in [0.3, 0.4) is 0 Å². The average Bonchev–Trinajstić information content (AvgIpc) is 2.97. The lowest BCUT2D eigenvalue weighted by Crippen LogP contribution is -2.44. The van der Waals surface area contributed by atoms with Gasteiger partial charge in [0.05, 0.1) is 16.4 Å². The summed E-state index contributed by atoms with van der Waals surface area (Å²) in [5, 5.41) is 9.11. The second-order valence-electron chi connectivity index (χ2n) is 6.34. The fourth-order valence-corrected chi connectivity index (χ4v) is 3.81. The smallest absolute Gasteiger partial charge is 0.0847 e. The molecule has 1 N–H and O–H groups in total. The molecule has 0 amide bonds. The summed E-state index contributed by atoms with van der Waals surface area (Å²) in [4.78, 5) is 0. The molecule has 1 saturated carbocycles. The first-order valence-electron chi connectivity index (χ1n) is 7.97. The minimum absolute atomic E-state index is 0.399. The van der Waals surface area contributed by atoms with E-state index in [-0.39, 0.29) is 0 Å². The highest BCUT2D eigenvalue weighted by atomic mass is 35.5. The Balaban J connectivity index is 2.24. The second kappa shape index (κ2) is 6.48. The zero-order chi connectivity index (χ0) is 14.8. The number of hydrogen-bond donors (Lipinski definition) is 1. The number of likely N-dealkylation sites (N-methyl/N-ethyl adjacent to an activating group) is 1. The molecule has 1 atom stereocenters. The molecular weight excluding hydrogens is 270 g/mol. The first-order valence-corrected chi connectivity index (χ1v) is 8.34. The number of nitrogens with zero attached hydrogens (tertiary/aromatic N) is 2. The molecule has 0 aliphatic heterocycles. The van der Waals surface area contributed by atoms with Crippen molar-refractivity contribution in [2.75, 3.05) is 6.54 Å². The number of aryl methyl sites for hydroxylation is 2. The molecule has 1 aromatic rings. The van der Waals surface area contributed by atoms with Gasteiger partial charge in [0.2, 0.25) is 0 Å². The zero-order valence-corrected chi connectivity index (χ0v) is 14.1. The van der Waals surface area contributed by atoms with Crippen LogP contribution in [0, 0.1) is 12.3 Å². The van der Waals surface area contributed by atoms with Gasteiger partial charge in [0, 0.05) is 19.0 Å². The maximum Gasteiger partial charge on any atom is 0.0847 e. The van der Waals surface area contributed by atoms with Crippen molar-refractivity contribution in [3.63, 3.8) is 0 Å². The van der Waals surface area contributed by atoms with E-state index in [2.05, 4.69) is 35.9 Å². The predicted molar refractivity (Wildman–Crippen MR) is 85.4 cm³/mol. The Morgan fingerprint density at radius 3 is 2.55 bits per heavy atom. The Bertz CT molecular complexity index is 447. The monoisotopic (exact) mass is 297 g/mol. The Morgan fingerprint density at radius 2 is 2.00 bits per heavy atom. The third kappa shape index (κ3) is 3.04. The average molecular weight is 298 g/mol. The molecule has 3 nitrogen and oxygen atoms in total. The van der Waals surface area contributed by atoms with Gasteiger partial charge < -0.3 is 5.32 Å². The highest BCUT2D eigenvalue weighted by Gasteiger charge is 2.37. The van der Waals surface area contributed by atoms with Crippen molar-refractivity contribution in [3.8, 4) is 0 Å². The van der Waals surface area contributed by atoms with Crippen molar-refractivity contribution in [2.24, 2.45) is 5.41 Å². The topological polar surface area (TPSA) is 29.9 Å². The van der Waals surface area contributed by atoms with E-state index >= 15 is 0 Å². The van der Waals surface area contributed by atoms with Crippen molar-refractivity contribution in [1.82, 2.24) is 15.1 Å². The molecule has 0 spiro atoms. The lowest BCUT2D eigenvalue weighted by Gasteiger charge is -2.35. The summed E-state index contributed by atoms with van der Waals surface area (Å²) in [5.41, 5.74) is 2.55. The van der Waals surface area contributed by atoms with Gasteiger partial charge >= 0.3 is 0 Å². The minimum atomic E-state index is 0.399. The van der Waals surface area contributed by atoms with E-state index in [9.17, 15) is 0 Å². The van der Waals surface area contributed by atoms with Gasteiger partial charge in [-0.1, -0.05) is 38.3 Å². The SMILES string of the molecule is CCNC(Cc1c(Cl)c(C)nn1CC)C1(C)CCCC1. The number of nitrogens with one attached hydrogen (secondary N) is 1. The summed E-state index contributed by atoms with van der Waals surface area (Å²) in [7, 11) is 0. The van der Waals surface area contributed by atoms with Crippen LogP contribution < -0.4 is 5.32 Å². The summed E-state index contributed by atoms with van der Waals surface area (Å²) in [5.74, 6) is 0. The Kier molecular flexibility index (Phi) is 5.14. The summed E-state index contributed by atoms with van der Waals surface area (Å²) < 4.78 is 2.07. The van der Waals surface area contributed by atoms with E-state index in [4.69, 9.17) is 11.6 Å². The van der Waals surface area contributed by atoms with Crippen LogP contribution in [-0.2, 0) is 13.0 Å². The van der Waals surface area contributed by atoms with Gasteiger partial charge in [-0.3, -0.25) is 4.68 Å². The molecule has 1 aromatic heterocycles. The molecule has 0 aromatic carbocycles. The largest absolute Gasteiger partial charge is 0.313 e. The van der Waals surface area contributed by atoms with Crippen molar-refractivity contribution >= 4 is 11.6 Å². The molecule has 1 aliphatic rings. The normalized spacial score (nSPS) is 19.4. The van der Waals surface area contributed by atoms with Gasteiger partial charge in [-0.25, -0.2) is 0 Å². The van der Waals surface area contributed by atoms with Gasteiger partial charge in [0.1, 0.15) is 0 Å². The van der Waals surface area contributed by atoms with Gasteiger partial charge in [-0.2, -0.15) is 5.10 Å². The third-order valence-electron chi connectivity index (χ3n) is 4.89. The maximum atomic E-state index is 6.48. The first-order chi connectivity index (χ1) is 9.51. The molecule has 0 bridgehead atoms. The molecule has 0 radical (unpaired) electrons. The molecule has 0 saturated heterocycles. The Labute approximate surface area is 128 Å². The van der Waals surface area contributed by atoms with E-state index in [1.54, 1.807) is 0 Å². The Hall–Kier alpha value is -0.540. The molecule has 1 heterocycles. The molecule has 1 unspecified atom stereocenters. The van der Waals surface area contributed by atoms with E-state index < -0.39 is 0 Å². The number of hydrogen-bond acceptors (Lipinski definition) is 2. The van der Waals surface area contributed by atoms with Crippen LogP contribution in [0.4, 0.5) is 0 Å². The van der Waals surface area contributed by atoms with E-state index in [1.807, 2.05) is 6.92 Å². The second-order valence-corrected chi connectivity index (χ2v) is 6.72. The maximum absolute atomic E-state index is 6.48. The first kappa shape index (κ1) is 15.8. The summed E-state index contributed by atoms with van der Waals surface area (Å²) in [6.45, 7) is 10.6. The van der Waals surface area contributed by atoms with Crippen molar-refractivity contribution in [2.45, 2.75) is 72.4 Å². The summed E-state index contributed by atoms with van der Waals surface area (Å²) in [6.07, 6.45) is 6.34. The quantitative estimate of drug-likeness (QED) is 0.861. The van der Waals surface area contributed by atoms with Crippen LogP contribution in [0.25, 0.3) is 0 Å². The molecule has 20 heavy (non-hydrogen) atoms. The van der Waals surface area contributed by atoms with Crippen LogP contribution >= 0.6 is 11.6 Å². The van der Waals surface area contributed by atoms with Gasteiger partial charge in [-0.15, -0.1) is 0 Å². The molecule has 1 aliphatic carbocycles. The van der Waals surface area contributed by atoms with Crippen molar-refractivity contribution < 1.29 is 0 Å². The van der Waals surface area contributed by atoms with Crippen molar-refractivity contribution in [3.05, 3.63) is 16.4 Å². The predicted octanol–water partition coefficient (Wildman–Crippen LogP) is 3.97. The van der Waals surface area contributed by atoms with Gasteiger partial charge in [0.25, 0.3) is 0 Å². The molecule has 1 fully saturated rings. The molecule has 4 heteroatoms. The van der Waals surface area contributed by atoms with Crippen LogP contribution in [0.5, 0.6) is 0 Å². The molecule has 114 valence electrons. The zero-order valence-electron chi connectivity index (χ0n) is 13.3. The third-order valence-corrected chi connectivity index (χ3v) is 5.38. The highest BCUT2D eigenvalue weighted by Crippen LogP contribution is 2.42. The van der Waals surface area contributed by atoms with Crippen LogP contribution in [0.15, 0.2) is 0 Å². The number of rotatable bonds is 6. The lowest BCUT2D eigenvalue weighted by atomic mass is 9.78. The van der Waals surface area contributed by atoms with Crippen molar-refractivity contribution in [1.29, 1.82) is 0 Å². The van der Waals surface area contributed by atoms with E-state index in [0.29, 0.717) is 11.5 Å². The fourth-order valence-electron chi connectivity index (χ4n) is 3.60. The lowest BCUT2D eigenvalue weighted by molar-refractivity contribution is 0.219. The van der Waals surface area contributed by atoms with E-state index in [0.717, 1.165) is 30.2 Å². The summed E-state index contributed by atoms with van der Waals surface area (Å²) >= 11 is 6.48. The number of aromatic nitrogens is 2. The van der Waals surface area contributed by atoms with Crippen LogP contribution in [-0.4, -0.2) is 22.4 Å². The standard InChI is InChI=1S/C16H28ClN3/c1-5-18-14(16(4)9-7-8-10-16)11-13-15(17)12(3)19-20(13)6-2/h14,18H,5-11H2,1-4H3. The van der Waals surface area contributed by atoms with Gasteiger partial charge in [0.15, 0.2) is 0 Å². The Morgan fingerprint density at radius 1 is 1.35 bits per heavy atom. The summed E-state index contributed by atoms with van der Waals surface area (Å²) in [6, 6.07) is 0.494. The van der Waals surface area contributed by atoms with Crippen LogP contribution in [0.1, 0.15) is 57.8 Å². The minimum Gasteiger partial charge on any atom is -0.313 e. The molecular formula is C16H28ClN3. The van der Waals surface area contributed by atoms with Gasteiger partial charge in [-0.05, 0) is 38.6 Å². The fraction of sp³-hybridized carbons (Fsp3) is 0.812. The van der Waals surface area contributed by atoms with Crippen LogP contribution in [0.2, 0.25) is 5.02 Å². The molecule has 2 rings (SSSR count). The highest BCUT2D eigenvalue weighted by molar-refractivity contribution is 6.31. The van der Waals surface area contributed by atoms with E-state index in [1.165, 1.54) is 31.4 Å². The number of halogens is 1.